The van der Waals surface area contributed by atoms with Crippen molar-refractivity contribution in [3.05, 3.63) is 270 Å². The summed E-state index contributed by atoms with van der Waals surface area (Å²) in [4.78, 5) is 92.4. The maximum absolute atomic E-state index is 13.5. The number of Topliss-reactive ketones (excluding diaryl/α,β-unsaturated/α-hetero) is 2. The zero-order valence-corrected chi connectivity index (χ0v) is 44.8. The van der Waals surface area contributed by atoms with Gasteiger partial charge in [0.15, 0.2) is 52.8 Å². The highest BCUT2D eigenvalue weighted by molar-refractivity contribution is 6.35. The van der Waals surface area contributed by atoms with Gasteiger partial charge in [-0.05, 0) is 138 Å². The number of aliphatic hydroxyl groups is 1. The first-order valence-electron chi connectivity index (χ1n) is 26.0. The van der Waals surface area contributed by atoms with E-state index < -0.39 is 46.0 Å². The quantitative estimate of drug-likeness (QED) is 0.0275. The van der Waals surface area contributed by atoms with Gasteiger partial charge in [0, 0.05) is 84.7 Å². The molecular weight excluding hydrogens is 1090 g/mol. The van der Waals surface area contributed by atoms with Crippen molar-refractivity contribution < 1.29 is 55.4 Å². The Balaban J connectivity index is 0.000000207. The number of nitrogens with one attached hydrogen (secondary N) is 2. The molecule has 2 amide bonds. The molecular formula is C64H52F6N6O8. The van der Waals surface area contributed by atoms with Gasteiger partial charge >= 0.3 is 0 Å². The van der Waals surface area contributed by atoms with Gasteiger partial charge in [-0.25, -0.2) is 26.3 Å². The van der Waals surface area contributed by atoms with Crippen LogP contribution in [-0.4, -0.2) is 60.5 Å². The molecule has 0 atom stereocenters. The predicted molar refractivity (Wildman–Crippen MR) is 306 cm³/mol. The number of hydrogen-bond donors (Lipinski definition) is 3. The SMILES string of the molecule is CCO.O=C1Cc2ccc(/C=C/CCC(=O)c3cccn(Cc4cc(F)c(F)c(F)c4)c3=O)cc2N1.O=C1Nc2cc(/C=C/CCC(=O)c3cccn(Cc4cc(F)c(F)c(F)c4)c3=O)ccc2/C1=C\c1cccnc1.O=Cc1cccnc1. The number of halogens is 6. The monoisotopic (exact) mass is 1150 g/mol. The number of amides is 2. The Kier molecular flexibility index (Phi) is 21.6. The van der Waals surface area contributed by atoms with Crippen LogP contribution >= 0.6 is 0 Å². The molecule has 428 valence electrons. The van der Waals surface area contributed by atoms with Crippen molar-refractivity contribution in [3.63, 3.8) is 0 Å². The summed E-state index contributed by atoms with van der Waals surface area (Å²) < 4.78 is 82.6. The molecule has 0 aliphatic carbocycles. The Morgan fingerprint density at radius 3 is 1.54 bits per heavy atom. The van der Waals surface area contributed by atoms with Crippen molar-refractivity contribution in [1.82, 2.24) is 19.1 Å². The van der Waals surface area contributed by atoms with Crippen LogP contribution in [0.3, 0.4) is 0 Å². The Morgan fingerprint density at radius 2 is 1.07 bits per heavy atom. The zero-order valence-electron chi connectivity index (χ0n) is 44.8. The fourth-order valence-electron chi connectivity index (χ4n) is 8.54. The third-order valence-electron chi connectivity index (χ3n) is 12.5. The third-order valence-corrected chi connectivity index (χ3v) is 12.5. The van der Waals surface area contributed by atoms with Crippen molar-refractivity contribution in [1.29, 1.82) is 0 Å². The second kappa shape index (κ2) is 29.5. The van der Waals surface area contributed by atoms with E-state index in [1.165, 1.54) is 42.9 Å². The second-order valence-corrected chi connectivity index (χ2v) is 18.7. The van der Waals surface area contributed by atoms with Gasteiger partial charge in [0.05, 0.1) is 30.6 Å². The number of ketones is 2. The molecule has 20 heteroatoms. The second-order valence-electron chi connectivity index (χ2n) is 18.7. The summed E-state index contributed by atoms with van der Waals surface area (Å²) >= 11 is 0. The van der Waals surface area contributed by atoms with Gasteiger partial charge in [-0.1, -0.05) is 54.6 Å². The van der Waals surface area contributed by atoms with Gasteiger partial charge < -0.3 is 24.9 Å². The molecule has 0 spiro atoms. The molecule has 4 aromatic heterocycles. The Bertz CT molecular complexity index is 3910. The number of nitrogens with zero attached hydrogens (tertiary/aromatic N) is 4. The molecule has 4 aromatic carbocycles. The summed E-state index contributed by atoms with van der Waals surface area (Å²) in [7, 11) is 0. The summed E-state index contributed by atoms with van der Waals surface area (Å²) in [6.07, 6.45) is 20.4. The summed E-state index contributed by atoms with van der Waals surface area (Å²) in [5.74, 6) is -9.54. The van der Waals surface area contributed by atoms with E-state index in [4.69, 9.17) is 5.11 Å². The van der Waals surface area contributed by atoms with Crippen LogP contribution in [0.15, 0.2) is 168 Å². The molecule has 8 aromatic rings. The molecule has 10 rings (SSSR count). The molecule has 6 heterocycles. The number of aromatic nitrogens is 4. The van der Waals surface area contributed by atoms with E-state index in [0.29, 0.717) is 36.1 Å². The highest BCUT2D eigenvalue weighted by atomic mass is 19.2. The van der Waals surface area contributed by atoms with Gasteiger partial charge in [-0.15, -0.1) is 0 Å². The molecule has 0 saturated heterocycles. The molecule has 0 radical (unpaired) electrons. The number of rotatable bonds is 16. The minimum atomic E-state index is -1.58. The van der Waals surface area contributed by atoms with E-state index in [0.717, 1.165) is 73.2 Å². The molecule has 0 bridgehead atoms. The maximum Gasteiger partial charge on any atom is 0.261 e. The van der Waals surface area contributed by atoms with E-state index in [1.54, 1.807) is 55.9 Å². The largest absolute Gasteiger partial charge is 0.397 e. The molecule has 84 heavy (non-hydrogen) atoms. The first kappa shape index (κ1) is 61.4. The van der Waals surface area contributed by atoms with Crippen LogP contribution in [0.5, 0.6) is 0 Å². The first-order valence-corrected chi connectivity index (χ1v) is 26.0. The van der Waals surface area contributed by atoms with E-state index in [-0.39, 0.29) is 78.2 Å². The van der Waals surface area contributed by atoms with E-state index in [2.05, 4.69) is 20.6 Å². The Labute approximate surface area is 476 Å². The number of benzene rings is 4. The molecule has 0 saturated carbocycles. The van der Waals surface area contributed by atoms with Crippen LogP contribution < -0.4 is 21.8 Å². The van der Waals surface area contributed by atoms with E-state index in [1.807, 2.05) is 60.7 Å². The van der Waals surface area contributed by atoms with Crippen molar-refractivity contribution in [2.24, 2.45) is 0 Å². The summed E-state index contributed by atoms with van der Waals surface area (Å²) in [6, 6.07) is 27.3. The first-order chi connectivity index (χ1) is 40.5. The topological polar surface area (TPSA) is 199 Å². The number of carbonyl (C=O) groups excluding carboxylic acids is 5. The van der Waals surface area contributed by atoms with Crippen LogP contribution in [0, 0.1) is 34.9 Å². The number of allylic oxidation sites excluding steroid dienone is 2. The highest BCUT2D eigenvalue weighted by Crippen LogP contribution is 2.34. The third kappa shape index (κ3) is 16.5. The number of aldehydes is 1. The number of anilines is 2. The number of pyridine rings is 4. The van der Waals surface area contributed by atoms with Crippen molar-refractivity contribution in [2.75, 3.05) is 17.2 Å². The van der Waals surface area contributed by atoms with E-state index in [9.17, 15) is 59.9 Å². The molecule has 14 nitrogen and oxygen atoms in total. The Morgan fingerprint density at radius 1 is 0.595 bits per heavy atom. The zero-order chi connectivity index (χ0) is 60.3. The van der Waals surface area contributed by atoms with Crippen molar-refractivity contribution >= 4 is 64.8 Å². The van der Waals surface area contributed by atoms with Gasteiger partial charge in [0.2, 0.25) is 5.91 Å². The van der Waals surface area contributed by atoms with Crippen LogP contribution in [0.1, 0.15) is 103 Å². The normalized spacial score (nSPS) is 12.5. The summed E-state index contributed by atoms with van der Waals surface area (Å²) in [5, 5.41) is 13.2. The fourth-order valence-corrected chi connectivity index (χ4v) is 8.54. The number of fused-ring (bicyclic) bond motifs is 2. The lowest BCUT2D eigenvalue weighted by molar-refractivity contribution is -0.115. The van der Waals surface area contributed by atoms with Gasteiger partial charge in [0.1, 0.15) is 0 Å². The number of aliphatic hydroxyl groups excluding tert-OH is 1. The molecule has 0 unspecified atom stereocenters. The predicted octanol–water partition coefficient (Wildman–Crippen LogP) is 11.3. The van der Waals surface area contributed by atoms with Gasteiger partial charge in [-0.2, -0.15) is 0 Å². The molecule has 2 aliphatic rings. The highest BCUT2D eigenvalue weighted by Gasteiger charge is 2.24. The van der Waals surface area contributed by atoms with Crippen LogP contribution in [0.25, 0.3) is 23.8 Å². The summed E-state index contributed by atoms with van der Waals surface area (Å²) in [5.41, 5.74) is 5.72. The molecule has 0 fully saturated rings. The van der Waals surface area contributed by atoms with Gasteiger partial charge in [-0.3, -0.25) is 43.5 Å². The average Bonchev–Trinajstić information content (AvgIpc) is 3.80. The van der Waals surface area contributed by atoms with Crippen LogP contribution in [-0.2, 0) is 29.1 Å². The lowest BCUT2D eigenvalue weighted by Crippen LogP contribution is -2.26. The average molecular weight is 1150 g/mol. The standard InChI is InChI=1S/C31H22F3N3O3.C25H19F3N2O3.C6H5NO.C2H6O/c32-25-14-21(15-26(33)29(25)34)18-37-12-4-7-23(31(37)40)28(38)8-2-1-5-19-9-10-22-24(30(39)36-27(22)16-19)13-20-6-3-11-35-17-20;26-19-10-16(11-20(27)24(19)28)14-30-9-3-5-18(25(30)33)22(31)6-2-1-4-15-7-8-17-13-23(32)29-21(17)12-15;8-5-6-2-1-3-7-4-6;1-2-3/h1,3-7,9-17H,2,8,18H2,(H,36,39);1,3-5,7-12H,2,6,13-14H2,(H,29,32);1-5H;3H,2H2,1H3/b5-1+,24-13+;4-1+;;. The number of carbonyl (C=O) groups is 5. The fraction of sp³-hybridized carbons (Fsp3) is 0.141. The minimum absolute atomic E-state index is 0.0331. The van der Waals surface area contributed by atoms with E-state index >= 15 is 0 Å². The molecule has 3 N–H and O–H groups in total. The van der Waals surface area contributed by atoms with Crippen LogP contribution in [0.2, 0.25) is 0 Å². The lowest BCUT2D eigenvalue weighted by Gasteiger charge is -2.08. The number of hydrogen-bond acceptors (Lipinski definition) is 10. The van der Waals surface area contributed by atoms with Crippen molar-refractivity contribution in [3.8, 4) is 0 Å². The summed E-state index contributed by atoms with van der Waals surface area (Å²) in [6.45, 7) is 1.50. The molecule has 2 aliphatic heterocycles. The van der Waals surface area contributed by atoms with Crippen molar-refractivity contribution in [2.45, 2.75) is 52.1 Å². The minimum Gasteiger partial charge on any atom is -0.397 e. The van der Waals surface area contributed by atoms with Gasteiger partial charge in [0.25, 0.3) is 17.0 Å². The Hall–Kier alpha value is -10.2. The smallest absolute Gasteiger partial charge is 0.261 e. The van der Waals surface area contributed by atoms with Crippen LogP contribution in [0.4, 0.5) is 37.7 Å². The lowest BCUT2D eigenvalue weighted by atomic mass is 10.0. The maximum atomic E-state index is 13.5.